The molecule has 0 bridgehead atoms. The zero-order valence-corrected chi connectivity index (χ0v) is 15.5. The Morgan fingerprint density at radius 3 is 2.04 bits per heavy atom. The van der Waals surface area contributed by atoms with Crippen LogP contribution in [0.2, 0.25) is 0 Å². The zero-order valence-electron chi connectivity index (χ0n) is 15.5. The lowest BCUT2D eigenvalue weighted by molar-refractivity contribution is -0.137. The molecule has 0 radical (unpaired) electrons. The van der Waals surface area contributed by atoms with Gasteiger partial charge in [-0.25, -0.2) is 0 Å². The van der Waals surface area contributed by atoms with Crippen molar-refractivity contribution in [2.75, 3.05) is 59.8 Å². The molecular weight excluding hydrogens is 358 g/mol. The number of ether oxygens (including phenoxy) is 3. The van der Waals surface area contributed by atoms with Gasteiger partial charge in [-0.1, -0.05) is 0 Å². The van der Waals surface area contributed by atoms with Crippen LogP contribution in [0.4, 0.5) is 0 Å². The second-order valence-corrected chi connectivity index (χ2v) is 5.58. The number of hydrogen-bond donors (Lipinski definition) is 2. The lowest BCUT2D eigenvalue weighted by atomic mass is 10.3. The molecule has 4 amide bonds. The molecule has 27 heavy (non-hydrogen) atoms. The van der Waals surface area contributed by atoms with Crippen molar-refractivity contribution in [1.29, 1.82) is 0 Å². The fraction of sp³-hybridized carbons (Fsp3) is 0.647. The Morgan fingerprint density at radius 1 is 0.852 bits per heavy atom. The van der Waals surface area contributed by atoms with Crippen LogP contribution in [0, 0.1) is 0 Å². The quantitative estimate of drug-likeness (QED) is 0.263. The van der Waals surface area contributed by atoms with Crippen molar-refractivity contribution in [1.82, 2.24) is 15.5 Å². The van der Waals surface area contributed by atoms with E-state index < -0.39 is 11.8 Å². The average Bonchev–Trinajstić information content (AvgIpc) is 2.96. The summed E-state index contributed by atoms with van der Waals surface area (Å²) < 4.78 is 15.4. The number of methoxy groups -OCH3 is 1. The minimum Gasteiger partial charge on any atom is -0.383 e. The summed E-state index contributed by atoms with van der Waals surface area (Å²) in [5.41, 5.74) is 0. The molecule has 0 saturated heterocycles. The number of carbonyl (C=O) groups is 4. The van der Waals surface area contributed by atoms with Gasteiger partial charge in [-0.3, -0.25) is 24.1 Å². The van der Waals surface area contributed by atoms with Gasteiger partial charge in [-0.05, 0) is 0 Å². The lowest BCUT2D eigenvalue weighted by Gasteiger charge is -2.13. The second kappa shape index (κ2) is 13.8. The van der Waals surface area contributed by atoms with Crippen LogP contribution in [-0.2, 0) is 33.4 Å². The number of amides is 4. The molecule has 1 aliphatic rings. The molecule has 0 unspecified atom stereocenters. The van der Waals surface area contributed by atoms with Crippen molar-refractivity contribution in [2.24, 2.45) is 0 Å². The van der Waals surface area contributed by atoms with E-state index in [4.69, 9.17) is 14.2 Å². The summed E-state index contributed by atoms with van der Waals surface area (Å²) in [6.07, 6.45) is 2.69. The first-order valence-corrected chi connectivity index (χ1v) is 8.76. The standard InChI is InChI=1S/C17H27N3O7/c1-25-10-6-18-15(22)5-9-26-12-13-27-11-7-19-14(21)4-8-20-16(23)2-3-17(20)24/h2-3H,4-13H2,1H3,(H,18,22)(H,19,21). The third-order valence-corrected chi connectivity index (χ3v) is 3.51. The molecule has 0 fully saturated rings. The third-order valence-electron chi connectivity index (χ3n) is 3.51. The summed E-state index contributed by atoms with van der Waals surface area (Å²) in [6.45, 7) is 2.66. The SMILES string of the molecule is COCCNC(=O)CCOCCOCCNC(=O)CCN1C(=O)C=CC1=O. The maximum Gasteiger partial charge on any atom is 0.253 e. The number of imide groups is 1. The van der Waals surface area contributed by atoms with E-state index in [1.165, 1.54) is 12.2 Å². The van der Waals surface area contributed by atoms with Gasteiger partial charge in [-0.15, -0.1) is 0 Å². The highest BCUT2D eigenvalue weighted by atomic mass is 16.5. The van der Waals surface area contributed by atoms with Crippen LogP contribution in [-0.4, -0.2) is 88.3 Å². The molecule has 1 heterocycles. The zero-order chi connectivity index (χ0) is 19.9. The minimum absolute atomic E-state index is 0.0503. The van der Waals surface area contributed by atoms with Gasteiger partial charge >= 0.3 is 0 Å². The third kappa shape index (κ3) is 10.4. The Morgan fingerprint density at radius 2 is 1.41 bits per heavy atom. The molecule has 1 rings (SSSR count). The molecule has 152 valence electrons. The lowest BCUT2D eigenvalue weighted by Crippen LogP contribution is -2.35. The van der Waals surface area contributed by atoms with E-state index in [0.29, 0.717) is 46.1 Å². The smallest absolute Gasteiger partial charge is 0.253 e. The van der Waals surface area contributed by atoms with E-state index in [0.717, 1.165) is 4.90 Å². The first kappa shape index (κ1) is 22.7. The fourth-order valence-corrected chi connectivity index (χ4v) is 2.08. The van der Waals surface area contributed by atoms with E-state index in [2.05, 4.69) is 10.6 Å². The second-order valence-electron chi connectivity index (χ2n) is 5.58. The number of nitrogens with one attached hydrogen (secondary N) is 2. The van der Waals surface area contributed by atoms with E-state index >= 15 is 0 Å². The Hall–Kier alpha value is -2.30. The molecule has 2 N–H and O–H groups in total. The molecular formula is C17H27N3O7. The maximum absolute atomic E-state index is 11.6. The largest absolute Gasteiger partial charge is 0.383 e. The summed E-state index contributed by atoms with van der Waals surface area (Å²) in [4.78, 5) is 46.7. The number of nitrogens with zero attached hydrogens (tertiary/aromatic N) is 1. The normalized spacial score (nSPS) is 13.3. The van der Waals surface area contributed by atoms with Gasteiger partial charge in [0.15, 0.2) is 0 Å². The van der Waals surface area contributed by atoms with Gasteiger partial charge in [0, 0.05) is 51.7 Å². The van der Waals surface area contributed by atoms with Crippen molar-refractivity contribution in [3.05, 3.63) is 12.2 Å². The molecule has 0 aliphatic carbocycles. The van der Waals surface area contributed by atoms with Crippen molar-refractivity contribution < 1.29 is 33.4 Å². The van der Waals surface area contributed by atoms with E-state index in [1.54, 1.807) is 7.11 Å². The van der Waals surface area contributed by atoms with Gasteiger partial charge in [-0.2, -0.15) is 0 Å². The van der Waals surface area contributed by atoms with Gasteiger partial charge < -0.3 is 24.8 Å². The molecule has 0 aromatic carbocycles. The van der Waals surface area contributed by atoms with Crippen molar-refractivity contribution in [3.8, 4) is 0 Å². The van der Waals surface area contributed by atoms with Crippen LogP contribution in [0.15, 0.2) is 12.2 Å². The summed E-state index contributed by atoms with van der Waals surface area (Å²) in [5.74, 6) is -1.15. The van der Waals surface area contributed by atoms with Crippen LogP contribution in [0.5, 0.6) is 0 Å². The summed E-state index contributed by atoms with van der Waals surface area (Å²) >= 11 is 0. The topological polar surface area (TPSA) is 123 Å². The molecule has 0 aromatic heterocycles. The van der Waals surface area contributed by atoms with E-state index in [9.17, 15) is 19.2 Å². The average molecular weight is 385 g/mol. The molecule has 0 atom stereocenters. The minimum atomic E-state index is -0.399. The van der Waals surface area contributed by atoms with Crippen LogP contribution >= 0.6 is 0 Å². The van der Waals surface area contributed by atoms with Gasteiger partial charge in [0.05, 0.1) is 33.0 Å². The molecule has 0 spiro atoms. The van der Waals surface area contributed by atoms with Crippen LogP contribution in [0.25, 0.3) is 0 Å². The molecule has 10 nitrogen and oxygen atoms in total. The number of hydrogen-bond acceptors (Lipinski definition) is 7. The van der Waals surface area contributed by atoms with Crippen LogP contribution < -0.4 is 10.6 Å². The van der Waals surface area contributed by atoms with E-state index in [1.807, 2.05) is 0 Å². The first-order chi connectivity index (χ1) is 13.0. The molecule has 1 aliphatic heterocycles. The Kier molecular flexibility index (Phi) is 11.7. The van der Waals surface area contributed by atoms with Crippen LogP contribution in [0.3, 0.4) is 0 Å². The highest BCUT2D eigenvalue weighted by Crippen LogP contribution is 2.03. The maximum atomic E-state index is 11.6. The van der Waals surface area contributed by atoms with Crippen molar-refractivity contribution in [2.45, 2.75) is 12.8 Å². The number of rotatable bonds is 15. The Balaban J connectivity index is 1.88. The summed E-state index contributed by atoms with van der Waals surface area (Å²) in [5, 5.41) is 5.33. The van der Waals surface area contributed by atoms with E-state index in [-0.39, 0.29) is 31.2 Å². The molecule has 10 heteroatoms. The summed E-state index contributed by atoms with van der Waals surface area (Å²) in [7, 11) is 1.57. The Bertz CT molecular complexity index is 519. The summed E-state index contributed by atoms with van der Waals surface area (Å²) in [6, 6.07) is 0. The molecule has 0 saturated carbocycles. The highest BCUT2D eigenvalue weighted by molar-refractivity contribution is 6.13. The van der Waals surface area contributed by atoms with Gasteiger partial charge in [0.2, 0.25) is 11.8 Å². The first-order valence-electron chi connectivity index (χ1n) is 8.76. The predicted molar refractivity (Wildman–Crippen MR) is 94.6 cm³/mol. The van der Waals surface area contributed by atoms with Crippen molar-refractivity contribution in [3.63, 3.8) is 0 Å². The number of carbonyl (C=O) groups excluding carboxylic acids is 4. The van der Waals surface area contributed by atoms with Crippen molar-refractivity contribution >= 4 is 23.6 Å². The van der Waals surface area contributed by atoms with Crippen LogP contribution in [0.1, 0.15) is 12.8 Å². The predicted octanol–water partition coefficient (Wildman–Crippen LogP) is -1.40. The highest BCUT2D eigenvalue weighted by Gasteiger charge is 2.23. The van der Waals surface area contributed by atoms with Gasteiger partial charge in [0.1, 0.15) is 0 Å². The molecule has 0 aromatic rings. The Labute approximate surface area is 158 Å². The monoisotopic (exact) mass is 385 g/mol. The van der Waals surface area contributed by atoms with Gasteiger partial charge in [0.25, 0.3) is 11.8 Å². The fourth-order valence-electron chi connectivity index (χ4n) is 2.08.